The molecule has 1 aromatic carbocycles. The molecule has 0 spiro atoms. The summed E-state index contributed by atoms with van der Waals surface area (Å²) in [5.74, 6) is 1.87. The molecule has 1 fully saturated rings. The number of rotatable bonds is 7. The maximum atomic E-state index is 13.1. The van der Waals surface area contributed by atoms with Crippen molar-refractivity contribution in [1.29, 1.82) is 0 Å². The molecule has 3 aromatic heterocycles. The second-order valence-electron chi connectivity index (χ2n) is 8.45. The fraction of sp³-hybridized carbons (Fsp3) is 0.417. The third-order valence-corrected chi connectivity index (χ3v) is 6.37. The number of likely N-dealkylation sites (tertiary alicyclic amines) is 1. The number of aromatic nitrogens is 5. The molecular formula is C24H28N6O3. The van der Waals surface area contributed by atoms with Crippen molar-refractivity contribution in [2.24, 2.45) is 0 Å². The van der Waals surface area contributed by atoms with Crippen molar-refractivity contribution in [2.45, 2.75) is 51.7 Å². The first-order valence-corrected chi connectivity index (χ1v) is 11.4. The minimum atomic E-state index is -0.154. The molecule has 1 atom stereocenters. The van der Waals surface area contributed by atoms with E-state index in [1.807, 2.05) is 24.3 Å². The van der Waals surface area contributed by atoms with Crippen LogP contribution in [0.4, 0.5) is 0 Å². The number of methoxy groups -OCH3 is 1. The average molecular weight is 449 g/mol. The van der Waals surface area contributed by atoms with E-state index in [0.717, 1.165) is 30.0 Å². The van der Waals surface area contributed by atoms with Crippen molar-refractivity contribution in [2.75, 3.05) is 13.7 Å². The van der Waals surface area contributed by atoms with Crippen LogP contribution in [0.15, 0.2) is 52.0 Å². The molecule has 0 amide bonds. The van der Waals surface area contributed by atoms with Gasteiger partial charge in [-0.1, -0.05) is 18.5 Å². The van der Waals surface area contributed by atoms with Crippen LogP contribution < -0.4 is 10.3 Å². The normalized spacial score (nSPS) is 17.0. The highest BCUT2D eigenvalue weighted by molar-refractivity contribution is 5.66. The first-order valence-electron chi connectivity index (χ1n) is 11.4. The van der Waals surface area contributed by atoms with Crippen molar-refractivity contribution >= 4 is 5.52 Å². The standard InChI is InChI=1S/C24H28N6O3/c1-3-18-6-4-5-11-28(18)16-23-25-22(27-33-23)15-29-12-13-30-21(24(29)31)14-20(26-30)17-7-9-19(32-2)10-8-17/h7-10,12-14,18H,3-6,11,15-16H2,1-2H3/t18-/m0/s1. The molecule has 0 aliphatic carbocycles. The van der Waals surface area contributed by atoms with Crippen LogP contribution in [0.2, 0.25) is 0 Å². The molecule has 4 heterocycles. The van der Waals surface area contributed by atoms with Crippen LogP contribution in [0.1, 0.15) is 44.3 Å². The highest BCUT2D eigenvalue weighted by atomic mass is 16.5. The second-order valence-corrected chi connectivity index (χ2v) is 8.45. The molecule has 33 heavy (non-hydrogen) atoms. The van der Waals surface area contributed by atoms with E-state index in [1.54, 1.807) is 34.7 Å². The fourth-order valence-corrected chi connectivity index (χ4v) is 4.53. The van der Waals surface area contributed by atoms with Crippen molar-refractivity contribution in [3.63, 3.8) is 0 Å². The molecule has 1 saturated heterocycles. The summed E-state index contributed by atoms with van der Waals surface area (Å²) in [4.78, 5) is 20.0. The van der Waals surface area contributed by atoms with Gasteiger partial charge in [0, 0.05) is 24.0 Å². The summed E-state index contributed by atoms with van der Waals surface area (Å²) in [5, 5.41) is 8.65. The average Bonchev–Trinajstić information content (AvgIpc) is 3.49. The summed E-state index contributed by atoms with van der Waals surface area (Å²) < 4.78 is 13.9. The number of hydrogen-bond acceptors (Lipinski definition) is 7. The Morgan fingerprint density at radius 1 is 1.15 bits per heavy atom. The molecule has 0 N–H and O–H groups in total. The van der Waals surface area contributed by atoms with Gasteiger partial charge < -0.3 is 13.8 Å². The summed E-state index contributed by atoms with van der Waals surface area (Å²) in [5.41, 5.74) is 1.97. The lowest BCUT2D eigenvalue weighted by molar-refractivity contribution is 0.120. The molecule has 0 radical (unpaired) electrons. The minimum Gasteiger partial charge on any atom is -0.497 e. The Kier molecular flexibility index (Phi) is 5.95. The van der Waals surface area contributed by atoms with Gasteiger partial charge in [0.25, 0.3) is 5.56 Å². The summed E-state index contributed by atoms with van der Waals surface area (Å²) >= 11 is 0. The Morgan fingerprint density at radius 2 is 2.00 bits per heavy atom. The van der Waals surface area contributed by atoms with Crippen LogP contribution in [-0.4, -0.2) is 48.9 Å². The molecule has 5 rings (SSSR count). The third-order valence-electron chi connectivity index (χ3n) is 6.37. The number of ether oxygens (including phenoxy) is 1. The van der Waals surface area contributed by atoms with Gasteiger partial charge in [-0.2, -0.15) is 10.1 Å². The van der Waals surface area contributed by atoms with Crippen LogP contribution in [-0.2, 0) is 13.1 Å². The van der Waals surface area contributed by atoms with Gasteiger partial charge in [-0.3, -0.25) is 9.69 Å². The third kappa shape index (κ3) is 4.41. The van der Waals surface area contributed by atoms with Crippen LogP contribution in [0.5, 0.6) is 5.75 Å². The van der Waals surface area contributed by atoms with E-state index in [0.29, 0.717) is 29.8 Å². The molecule has 1 aliphatic heterocycles. The van der Waals surface area contributed by atoms with Crippen molar-refractivity contribution in [3.05, 3.63) is 64.8 Å². The summed E-state index contributed by atoms with van der Waals surface area (Å²) in [7, 11) is 1.63. The minimum absolute atomic E-state index is 0.154. The molecule has 1 aliphatic rings. The van der Waals surface area contributed by atoms with Gasteiger partial charge in [0.2, 0.25) is 5.89 Å². The van der Waals surface area contributed by atoms with E-state index in [4.69, 9.17) is 9.26 Å². The monoisotopic (exact) mass is 448 g/mol. The van der Waals surface area contributed by atoms with E-state index in [1.165, 1.54) is 19.3 Å². The highest BCUT2D eigenvalue weighted by Gasteiger charge is 2.23. The largest absolute Gasteiger partial charge is 0.497 e. The smallest absolute Gasteiger partial charge is 0.277 e. The maximum Gasteiger partial charge on any atom is 0.277 e. The van der Waals surface area contributed by atoms with Gasteiger partial charge in [0.1, 0.15) is 11.3 Å². The van der Waals surface area contributed by atoms with E-state index in [9.17, 15) is 4.79 Å². The van der Waals surface area contributed by atoms with E-state index in [2.05, 4.69) is 27.1 Å². The van der Waals surface area contributed by atoms with Crippen LogP contribution >= 0.6 is 0 Å². The van der Waals surface area contributed by atoms with Crippen molar-refractivity contribution in [1.82, 2.24) is 29.2 Å². The Hall–Kier alpha value is -3.46. The van der Waals surface area contributed by atoms with Gasteiger partial charge in [-0.15, -0.1) is 0 Å². The van der Waals surface area contributed by atoms with Gasteiger partial charge >= 0.3 is 0 Å². The topological polar surface area (TPSA) is 90.7 Å². The molecule has 4 aromatic rings. The molecule has 9 heteroatoms. The summed E-state index contributed by atoms with van der Waals surface area (Å²) in [6, 6.07) is 9.96. The van der Waals surface area contributed by atoms with Crippen molar-refractivity contribution < 1.29 is 9.26 Å². The summed E-state index contributed by atoms with van der Waals surface area (Å²) in [6.45, 7) is 4.19. The lowest BCUT2D eigenvalue weighted by Crippen LogP contribution is -2.38. The Bertz CT molecular complexity index is 1290. The molecule has 0 unspecified atom stereocenters. The quantitative estimate of drug-likeness (QED) is 0.428. The molecule has 172 valence electrons. The first kappa shape index (κ1) is 21.4. The molecule has 0 saturated carbocycles. The molecule has 0 bridgehead atoms. The highest BCUT2D eigenvalue weighted by Crippen LogP contribution is 2.22. The number of nitrogens with zero attached hydrogens (tertiary/aromatic N) is 6. The zero-order valence-electron chi connectivity index (χ0n) is 19.0. The van der Waals surface area contributed by atoms with E-state index >= 15 is 0 Å². The Balaban J connectivity index is 1.34. The fourth-order valence-electron chi connectivity index (χ4n) is 4.53. The number of piperidine rings is 1. The van der Waals surface area contributed by atoms with Gasteiger partial charge in [-0.05, 0) is 56.1 Å². The Morgan fingerprint density at radius 3 is 2.79 bits per heavy atom. The number of hydrogen-bond donors (Lipinski definition) is 0. The van der Waals surface area contributed by atoms with E-state index in [-0.39, 0.29) is 12.1 Å². The number of fused-ring (bicyclic) bond motifs is 1. The SMILES string of the molecule is CC[C@H]1CCCCN1Cc1nc(Cn2ccn3nc(-c4ccc(OC)cc4)cc3c2=O)no1. The van der Waals surface area contributed by atoms with Crippen LogP contribution in [0.3, 0.4) is 0 Å². The zero-order chi connectivity index (χ0) is 22.8. The summed E-state index contributed by atoms with van der Waals surface area (Å²) in [6.07, 6.45) is 8.30. The van der Waals surface area contributed by atoms with Crippen LogP contribution in [0, 0.1) is 0 Å². The zero-order valence-corrected chi connectivity index (χ0v) is 19.0. The van der Waals surface area contributed by atoms with Gasteiger partial charge in [0.05, 0.1) is 25.9 Å². The van der Waals surface area contributed by atoms with Gasteiger partial charge in [-0.25, -0.2) is 4.52 Å². The van der Waals surface area contributed by atoms with Crippen LogP contribution in [0.25, 0.3) is 16.8 Å². The lowest BCUT2D eigenvalue weighted by atomic mass is 10.0. The predicted molar refractivity (Wildman–Crippen MR) is 123 cm³/mol. The Labute approximate surface area is 191 Å². The number of benzene rings is 1. The van der Waals surface area contributed by atoms with Gasteiger partial charge in [0.15, 0.2) is 5.82 Å². The maximum absolute atomic E-state index is 13.1. The first-order chi connectivity index (χ1) is 16.1. The molecular weight excluding hydrogens is 420 g/mol. The second kappa shape index (κ2) is 9.19. The lowest BCUT2D eigenvalue weighted by Gasteiger charge is -2.33. The van der Waals surface area contributed by atoms with E-state index < -0.39 is 0 Å². The molecule has 9 nitrogen and oxygen atoms in total. The predicted octanol–water partition coefficient (Wildman–Crippen LogP) is 3.37. The van der Waals surface area contributed by atoms with Crippen molar-refractivity contribution in [3.8, 4) is 17.0 Å².